The molecular formula is C52H33N3S. The van der Waals surface area contributed by atoms with Gasteiger partial charge in [0.2, 0.25) is 0 Å². The summed E-state index contributed by atoms with van der Waals surface area (Å²) < 4.78 is 2.43. The van der Waals surface area contributed by atoms with Crippen molar-refractivity contribution in [3.63, 3.8) is 0 Å². The lowest BCUT2D eigenvalue weighted by molar-refractivity contribution is 0.769. The first-order chi connectivity index (χ1) is 27.8. The quantitative estimate of drug-likeness (QED) is 0.171. The van der Waals surface area contributed by atoms with E-state index in [1.165, 1.54) is 53.6 Å². The van der Waals surface area contributed by atoms with Gasteiger partial charge in [-0.05, 0) is 68.8 Å². The number of hydrogen-bond acceptors (Lipinski definition) is 4. The van der Waals surface area contributed by atoms with Gasteiger partial charge >= 0.3 is 0 Å². The summed E-state index contributed by atoms with van der Waals surface area (Å²) >= 11 is 1.79. The highest BCUT2D eigenvalue weighted by Gasteiger charge is 2.45. The summed E-state index contributed by atoms with van der Waals surface area (Å²) in [7, 11) is 0. The predicted molar refractivity (Wildman–Crippen MR) is 232 cm³/mol. The van der Waals surface area contributed by atoms with E-state index in [0.717, 1.165) is 27.8 Å². The van der Waals surface area contributed by atoms with Crippen LogP contribution in [0.4, 0.5) is 0 Å². The fourth-order valence-electron chi connectivity index (χ4n) is 8.75. The van der Waals surface area contributed by atoms with Gasteiger partial charge < -0.3 is 0 Å². The molecule has 0 radical (unpaired) electrons. The van der Waals surface area contributed by atoms with Crippen LogP contribution in [0.3, 0.4) is 0 Å². The van der Waals surface area contributed by atoms with Gasteiger partial charge in [-0.1, -0.05) is 176 Å². The van der Waals surface area contributed by atoms with Gasteiger partial charge in [-0.2, -0.15) is 0 Å². The fourth-order valence-corrected chi connectivity index (χ4v) is 9.96. The van der Waals surface area contributed by atoms with Crippen LogP contribution < -0.4 is 0 Å². The summed E-state index contributed by atoms with van der Waals surface area (Å²) in [6.45, 7) is 0. The Morgan fingerprint density at radius 1 is 0.339 bits per heavy atom. The van der Waals surface area contributed by atoms with E-state index in [2.05, 4.69) is 182 Å². The molecule has 4 heteroatoms. The standard InChI is InChI=1S/C52H33N3S/c1-3-16-34(17-4-1)49-53-50(55-51(54-49)44-28-15-27-43-42-26-9-12-31-47(42)56-48(43)44)37-20-13-18-35(32-37)36-19-14-23-39(33-36)52(38-21-5-2-6-22-38)45-29-10-7-24-40(45)41-25-8-11-30-46(41)52/h1-33H. The van der Waals surface area contributed by atoms with Crippen LogP contribution in [-0.2, 0) is 5.41 Å². The molecule has 10 aromatic rings. The highest BCUT2D eigenvalue weighted by molar-refractivity contribution is 7.26. The molecule has 0 saturated heterocycles. The topological polar surface area (TPSA) is 38.7 Å². The Morgan fingerprint density at radius 3 is 1.61 bits per heavy atom. The average molecular weight is 732 g/mol. The Balaban J connectivity index is 1.08. The molecule has 56 heavy (non-hydrogen) atoms. The Morgan fingerprint density at radius 2 is 0.839 bits per heavy atom. The number of hydrogen-bond donors (Lipinski definition) is 0. The zero-order valence-corrected chi connectivity index (χ0v) is 31.1. The molecule has 0 aliphatic heterocycles. The van der Waals surface area contributed by atoms with Crippen LogP contribution in [-0.4, -0.2) is 15.0 Å². The summed E-state index contributed by atoms with van der Waals surface area (Å²) in [5.74, 6) is 1.96. The van der Waals surface area contributed by atoms with Crippen molar-refractivity contribution in [2.24, 2.45) is 0 Å². The number of benzene rings is 8. The van der Waals surface area contributed by atoms with E-state index in [1.807, 2.05) is 18.2 Å². The number of rotatable bonds is 6. The molecule has 1 aliphatic rings. The third-order valence-electron chi connectivity index (χ3n) is 11.2. The first-order valence-electron chi connectivity index (χ1n) is 18.9. The second-order valence-electron chi connectivity index (χ2n) is 14.3. The van der Waals surface area contributed by atoms with E-state index in [9.17, 15) is 0 Å². The van der Waals surface area contributed by atoms with Crippen LogP contribution >= 0.6 is 11.3 Å². The highest BCUT2D eigenvalue weighted by atomic mass is 32.1. The number of fused-ring (bicyclic) bond motifs is 6. The molecule has 0 unspecified atom stereocenters. The van der Waals surface area contributed by atoms with Crippen molar-refractivity contribution in [1.29, 1.82) is 0 Å². The summed E-state index contributed by atoms with van der Waals surface area (Å²) in [5.41, 5.74) is 12.3. The van der Waals surface area contributed by atoms with Crippen LogP contribution in [0.25, 0.3) is 76.6 Å². The molecule has 0 N–H and O–H groups in total. The van der Waals surface area contributed by atoms with Crippen molar-refractivity contribution in [2.75, 3.05) is 0 Å². The van der Waals surface area contributed by atoms with Gasteiger partial charge in [-0.25, -0.2) is 15.0 Å². The maximum absolute atomic E-state index is 5.22. The van der Waals surface area contributed by atoms with E-state index in [-0.39, 0.29) is 0 Å². The Bertz CT molecular complexity index is 3050. The molecule has 2 aromatic heterocycles. The van der Waals surface area contributed by atoms with E-state index in [1.54, 1.807) is 11.3 Å². The van der Waals surface area contributed by atoms with Crippen molar-refractivity contribution >= 4 is 31.5 Å². The van der Waals surface area contributed by atoms with Crippen molar-refractivity contribution < 1.29 is 0 Å². The van der Waals surface area contributed by atoms with Crippen LogP contribution in [0.2, 0.25) is 0 Å². The lowest BCUT2D eigenvalue weighted by Crippen LogP contribution is -2.28. The zero-order valence-electron chi connectivity index (χ0n) is 30.3. The molecule has 2 heterocycles. The molecule has 11 rings (SSSR count). The van der Waals surface area contributed by atoms with Crippen molar-refractivity contribution in [3.05, 3.63) is 222 Å². The highest BCUT2D eigenvalue weighted by Crippen LogP contribution is 2.56. The van der Waals surface area contributed by atoms with Gasteiger partial charge in [-0.3, -0.25) is 0 Å². The first-order valence-corrected chi connectivity index (χ1v) is 19.8. The predicted octanol–water partition coefficient (Wildman–Crippen LogP) is 13.3. The monoisotopic (exact) mass is 731 g/mol. The molecule has 3 nitrogen and oxygen atoms in total. The molecule has 8 aromatic carbocycles. The Labute approximate surface area is 329 Å². The average Bonchev–Trinajstić information content (AvgIpc) is 3.81. The van der Waals surface area contributed by atoms with Crippen LogP contribution in [0, 0.1) is 0 Å². The minimum absolute atomic E-state index is 0.469. The molecule has 0 amide bonds. The fraction of sp³-hybridized carbons (Fsp3) is 0.0192. The Hall–Kier alpha value is -7.01. The third-order valence-corrected chi connectivity index (χ3v) is 12.4. The first kappa shape index (κ1) is 32.4. The molecule has 1 aliphatic carbocycles. The van der Waals surface area contributed by atoms with E-state index < -0.39 is 5.41 Å². The number of nitrogens with zero attached hydrogens (tertiary/aromatic N) is 3. The maximum atomic E-state index is 5.22. The van der Waals surface area contributed by atoms with Gasteiger partial charge in [0, 0.05) is 36.9 Å². The largest absolute Gasteiger partial charge is 0.208 e. The second-order valence-corrected chi connectivity index (χ2v) is 15.4. The van der Waals surface area contributed by atoms with E-state index in [4.69, 9.17) is 15.0 Å². The lowest BCUT2D eigenvalue weighted by Gasteiger charge is -2.34. The van der Waals surface area contributed by atoms with Gasteiger partial charge in [0.05, 0.1) is 5.41 Å². The maximum Gasteiger partial charge on any atom is 0.165 e. The molecule has 0 atom stereocenters. The van der Waals surface area contributed by atoms with Gasteiger partial charge in [0.25, 0.3) is 0 Å². The minimum Gasteiger partial charge on any atom is -0.208 e. The molecular weight excluding hydrogens is 699 g/mol. The third kappa shape index (κ3) is 5.07. The van der Waals surface area contributed by atoms with Crippen molar-refractivity contribution in [2.45, 2.75) is 5.41 Å². The molecule has 0 fully saturated rings. The van der Waals surface area contributed by atoms with Crippen molar-refractivity contribution in [3.8, 4) is 56.4 Å². The summed E-state index contributed by atoms with van der Waals surface area (Å²) in [6, 6.07) is 71.7. The summed E-state index contributed by atoms with van der Waals surface area (Å²) in [6.07, 6.45) is 0. The zero-order chi connectivity index (χ0) is 37.1. The normalized spacial score (nSPS) is 12.8. The SMILES string of the molecule is c1ccc(-c2nc(-c3cccc(-c4cccc(C5(c6ccccc6)c6ccccc6-c6ccccc65)c4)c3)nc(-c3cccc4c3sc3ccccc34)n2)cc1. The van der Waals surface area contributed by atoms with Crippen LogP contribution in [0.5, 0.6) is 0 Å². The number of aromatic nitrogens is 3. The Kier molecular flexibility index (Phi) is 7.58. The number of thiophene rings is 1. The molecule has 262 valence electrons. The van der Waals surface area contributed by atoms with Gasteiger partial charge in [0.1, 0.15) is 0 Å². The van der Waals surface area contributed by atoms with Gasteiger partial charge in [-0.15, -0.1) is 11.3 Å². The lowest BCUT2D eigenvalue weighted by atomic mass is 9.67. The minimum atomic E-state index is -0.469. The van der Waals surface area contributed by atoms with Gasteiger partial charge in [0.15, 0.2) is 17.5 Å². The summed E-state index contributed by atoms with van der Waals surface area (Å²) in [4.78, 5) is 15.5. The summed E-state index contributed by atoms with van der Waals surface area (Å²) in [5, 5.41) is 2.47. The molecule has 0 bridgehead atoms. The molecule has 0 spiro atoms. The second kappa shape index (κ2) is 13.1. The molecule has 0 saturated carbocycles. The van der Waals surface area contributed by atoms with Crippen LogP contribution in [0.1, 0.15) is 22.3 Å². The van der Waals surface area contributed by atoms with E-state index in [0.29, 0.717) is 17.5 Å². The van der Waals surface area contributed by atoms with Crippen molar-refractivity contribution in [1.82, 2.24) is 15.0 Å². The van der Waals surface area contributed by atoms with E-state index >= 15 is 0 Å². The van der Waals surface area contributed by atoms with Crippen LogP contribution in [0.15, 0.2) is 200 Å². The smallest absolute Gasteiger partial charge is 0.165 e.